The highest BCUT2D eigenvalue weighted by atomic mass is 16.2. The molecule has 0 saturated heterocycles. The lowest BCUT2D eigenvalue weighted by atomic mass is 9.95. The molecule has 1 aromatic rings. The van der Waals surface area contributed by atoms with Gasteiger partial charge in [0.25, 0.3) is 5.91 Å². The van der Waals surface area contributed by atoms with Crippen molar-refractivity contribution < 1.29 is 9.59 Å². The first-order chi connectivity index (χ1) is 10.7. The maximum atomic E-state index is 12.6. The normalized spacial score (nSPS) is 13.3. The SMILES string of the molecule is CCCC(C)(N)C(=O)N(CC)Cc1ccc(C(=O)N(C)C)cc1. The van der Waals surface area contributed by atoms with Gasteiger partial charge in [0.15, 0.2) is 0 Å². The van der Waals surface area contributed by atoms with E-state index < -0.39 is 5.54 Å². The van der Waals surface area contributed by atoms with Crippen LogP contribution < -0.4 is 5.73 Å². The van der Waals surface area contributed by atoms with Crippen molar-refractivity contribution in [3.05, 3.63) is 35.4 Å². The van der Waals surface area contributed by atoms with Crippen molar-refractivity contribution in [2.24, 2.45) is 5.73 Å². The fraction of sp³-hybridized carbons (Fsp3) is 0.556. The maximum Gasteiger partial charge on any atom is 0.253 e. The lowest BCUT2D eigenvalue weighted by molar-refractivity contribution is -0.137. The molecule has 5 heteroatoms. The summed E-state index contributed by atoms with van der Waals surface area (Å²) in [5, 5.41) is 0. The second-order valence-electron chi connectivity index (χ2n) is 6.38. The van der Waals surface area contributed by atoms with Gasteiger partial charge in [-0.05, 0) is 38.0 Å². The molecule has 1 atom stereocenters. The van der Waals surface area contributed by atoms with E-state index in [2.05, 4.69) is 0 Å². The number of nitrogens with zero attached hydrogens (tertiary/aromatic N) is 2. The Hall–Kier alpha value is -1.88. The molecule has 23 heavy (non-hydrogen) atoms. The van der Waals surface area contributed by atoms with Crippen molar-refractivity contribution in [3.63, 3.8) is 0 Å². The smallest absolute Gasteiger partial charge is 0.253 e. The summed E-state index contributed by atoms with van der Waals surface area (Å²) in [4.78, 5) is 27.8. The number of nitrogens with two attached hydrogens (primary N) is 1. The van der Waals surface area contributed by atoms with Crippen LogP contribution >= 0.6 is 0 Å². The van der Waals surface area contributed by atoms with Gasteiger partial charge in [-0.2, -0.15) is 0 Å². The number of rotatable bonds is 7. The number of carbonyl (C=O) groups excluding carboxylic acids is 2. The Labute approximate surface area is 139 Å². The standard InChI is InChI=1S/C18H29N3O2/c1-6-12-18(3,19)17(23)21(7-2)13-14-8-10-15(11-9-14)16(22)20(4)5/h8-11H,6-7,12-13,19H2,1-5H3. The van der Waals surface area contributed by atoms with E-state index in [0.29, 0.717) is 25.1 Å². The van der Waals surface area contributed by atoms with Crippen LogP contribution in [-0.4, -0.2) is 47.8 Å². The summed E-state index contributed by atoms with van der Waals surface area (Å²) in [6.45, 7) is 6.87. The first kappa shape index (κ1) is 19.2. The van der Waals surface area contributed by atoms with Gasteiger partial charge in [-0.15, -0.1) is 0 Å². The highest BCUT2D eigenvalue weighted by Gasteiger charge is 2.31. The molecule has 1 aromatic carbocycles. The van der Waals surface area contributed by atoms with Crippen LogP contribution in [0, 0.1) is 0 Å². The molecule has 0 aliphatic rings. The molecule has 0 aliphatic heterocycles. The summed E-state index contributed by atoms with van der Waals surface area (Å²) >= 11 is 0. The van der Waals surface area contributed by atoms with Crippen LogP contribution in [0.1, 0.15) is 49.5 Å². The van der Waals surface area contributed by atoms with Gasteiger partial charge in [0.1, 0.15) is 0 Å². The van der Waals surface area contributed by atoms with Gasteiger partial charge >= 0.3 is 0 Å². The number of hydrogen-bond donors (Lipinski definition) is 1. The van der Waals surface area contributed by atoms with Gasteiger partial charge in [-0.3, -0.25) is 9.59 Å². The third-order valence-corrected chi connectivity index (χ3v) is 3.91. The zero-order chi connectivity index (χ0) is 17.6. The van der Waals surface area contributed by atoms with Crippen molar-refractivity contribution >= 4 is 11.8 Å². The van der Waals surface area contributed by atoms with E-state index in [1.54, 1.807) is 43.0 Å². The fourth-order valence-corrected chi connectivity index (χ4v) is 2.55. The predicted octanol–water partition coefficient (Wildman–Crippen LogP) is 2.25. The van der Waals surface area contributed by atoms with Crippen LogP contribution in [0.15, 0.2) is 24.3 Å². The molecule has 1 rings (SSSR count). The Morgan fingerprint density at radius 3 is 2.13 bits per heavy atom. The van der Waals surface area contributed by atoms with Gasteiger partial charge in [0.05, 0.1) is 5.54 Å². The molecule has 0 bridgehead atoms. The van der Waals surface area contributed by atoms with Gasteiger partial charge < -0.3 is 15.5 Å². The Bertz CT molecular complexity index is 536. The number of amides is 2. The monoisotopic (exact) mass is 319 g/mol. The van der Waals surface area contributed by atoms with Crippen LogP contribution in [-0.2, 0) is 11.3 Å². The van der Waals surface area contributed by atoms with Crippen LogP contribution in [0.25, 0.3) is 0 Å². The molecule has 0 saturated carbocycles. The molecule has 0 heterocycles. The molecule has 1 unspecified atom stereocenters. The van der Waals surface area contributed by atoms with Gasteiger partial charge in [-0.25, -0.2) is 0 Å². The van der Waals surface area contributed by atoms with Gasteiger partial charge in [-0.1, -0.05) is 25.5 Å². The predicted molar refractivity (Wildman–Crippen MR) is 93.1 cm³/mol. The Kier molecular flexibility index (Phi) is 6.76. The summed E-state index contributed by atoms with van der Waals surface area (Å²) in [6, 6.07) is 7.37. The molecule has 0 fully saturated rings. The summed E-state index contributed by atoms with van der Waals surface area (Å²) in [6.07, 6.45) is 1.54. The molecule has 5 nitrogen and oxygen atoms in total. The van der Waals surface area contributed by atoms with E-state index >= 15 is 0 Å². The minimum atomic E-state index is -0.828. The zero-order valence-corrected chi connectivity index (χ0v) is 14.9. The Balaban J connectivity index is 2.84. The van der Waals surface area contributed by atoms with E-state index in [4.69, 9.17) is 5.73 Å². The molecule has 0 spiro atoms. The number of carbonyl (C=O) groups is 2. The van der Waals surface area contributed by atoms with Crippen LogP contribution in [0.2, 0.25) is 0 Å². The largest absolute Gasteiger partial charge is 0.345 e. The van der Waals surface area contributed by atoms with Crippen molar-refractivity contribution in [2.45, 2.75) is 45.7 Å². The first-order valence-corrected chi connectivity index (χ1v) is 8.11. The number of likely N-dealkylation sites (N-methyl/N-ethyl adjacent to an activating group) is 1. The van der Waals surface area contributed by atoms with E-state index in [0.717, 1.165) is 12.0 Å². The van der Waals surface area contributed by atoms with E-state index in [1.807, 2.05) is 26.0 Å². The van der Waals surface area contributed by atoms with Crippen molar-refractivity contribution in [3.8, 4) is 0 Å². The summed E-state index contributed by atoms with van der Waals surface area (Å²) in [5.41, 5.74) is 6.96. The van der Waals surface area contributed by atoms with E-state index in [-0.39, 0.29) is 11.8 Å². The second kappa shape index (κ2) is 8.11. The van der Waals surface area contributed by atoms with Gasteiger partial charge in [0, 0.05) is 32.7 Å². The molecular formula is C18H29N3O2. The second-order valence-corrected chi connectivity index (χ2v) is 6.38. The number of hydrogen-bond acceptors (Lipinski definition) is 3. The summed E-state index contributed by atoms with van der Waals surface area (Å²) < 4.78 is 0. The quantitative estimate of drug-likeness (QED) is 0.838. The maximum absolute atomic E-state index is 12.6. The molecule has 0 aliphatic carbocycles. The van der Waals surface area contributed by atoms with E-state index in [1.165, 1.54) is 0 Å². The molecule has 0 radical (unpaired) electrons. The first-order valence-electron chi connectivity index (χ1n) is 8.11. The summed E-state index contributed by atoms with van der Waals surface area (Å²) in [7, 11) is 3.45. The van der Waals surface area contributed by atoms with Crippen LogP contribution in [0.4, 0.5) is 0 Å². The molecule has 2 amide bonds. The molecule has 0 aromatic heterocycles. The Morgan fingerprint density at radius 2 is 1.70 bits per heavy atom. The molecule has 128 valence electrons. The Morgan fingerprint density at radius 1 is 1.13 bits per heavy atom. The zero-order valence-electron chi connectivity index (χ0n) is 14.9. The topological polar surface area (TPSA) is 66.6 Å². The van der Waals surface area contributed by atoms with Crippen molar-refractivity contribution in [1.29, 1.82) is 0 Å². The molecular weight excluding hydrogens is 290 g/mol. The van der Waals surface area contributed by atoms with E-state index in [9.17, 15) is 9.59 Å². The molecule has 2 N–H and O–H groups in total. The van der Waals surface area contributed by atoms with Gasteiger partial charge in [0.2, 0.25) is 5.91 Å². The lowest BCUT2D eigenvalue weighted by Gasteiger charge is -2.31. The van der Waals surface area contributed by atoms with Crippen LogP contribution in [0.5, 0.6) is 0 Å². The third kappa shape index (κ3) is 5.06. The average Bonchev–Trinajstić information content (AvgIpc) is 2.51. The fourth-order valence-electron chi connectivity index (χ4n) is 2.55. The summed E-state index contributed by atoms with van der Waals surface area (Å²) in [5.74, 6) is -0.0623. The lowest BCUT2D eigenvalue weighted by Crippen LogP contribution is -2.52. The van der Waals surface area contributed by atoms with Crippen molar-refractivity contribution in [2.75, 3.05) is 20.6 Å². The third-order valence-electron chi connectivity index (χ3n) is 3.91. The highest BCUT2D eigenvalue weighted by molar-refractivity contribution is 5.93. The average molecular weight is 319 g/mol. The highest BCUT2D eigenvalue weighted by Crippen LogP contribution is 2.16. The van der Waals surface area contributed by atoms with Crippen molar-refractivity contribution in [1.82, 2.24) is 9.80 Å². The van der Waals surface area contributed by atoms with Crippen LogP contribution in [0.3, 0.4) is 0 Å². The number of benzene rings is 1. The minimum Gasteiger partial charge on any atom is -0.345 e. The minimum absolute atomic E-state index is 0.0301.